The van der Waals surface area contributed by atoms with Crippen molar-refractivity contribution in [2.24, 2.45) is 0 Å². The maximum absolute atomic E-state index is 12.8. The van der Waals surface area contributed by atoms with E-state index in [4.69, 9.17) is 4.98 Å². The van der Waals surface area contributed by atoms with Crippen LogP contribution in [-0.4, -0.2) is 20.4 Å². The fourth-order valence-electron chi connectivity index (χ4n) is 3.75. The van der Waals surface area contributed by atoms with E-state index in [0.29, 0.717) is 6.42 Å². The van der Waals surface area contributed by atoms with Crippen molar-refractivity contribution in [3.8, 4) is 0 Å². The molecule has 0 aliphatic carbocycles. The summed E-state index contributed by atoms with van der Waals surface area (Å²) in [6.45, 7) is 5.04. The van der Waals surface area contributed by atoms with Crippen LogP contribution in [0.25, 0.3) is 11.0 Å². The van der Waals surface area contributed by atoms with Crippen LogP contribution in [0.5, 0.6) is 0 Å². The van der Waals surface area contributed by atoms with Gasteiger partial charge in [-0.2, -0.15) is 0 Å². The molecule has 0 spiro atoms. The Morgan fingerprint density at radius 3 is 2.41 bits per heavy atom. The number of H-pyrrole nitrogens is 1. The Hall–Kier alpha value is -3.34. The lowest BCUT2D eigenvalue weighted by Gasteiger charge is -2.17. The predicted molar refractivity (Wildman–Crippen MR) is 116 cm³/mol. The zero-order valence-electron chi connectivity index (χ0n) is 16.9. The number of hydrogen-bond acceptors (Lipinski definition) is 2. The molecule has 4 aromatic rings. The second-order valence-corrected chi connectivity index (χ2v) is 7.42. The number of imidazole rings is 1. The van der Waals surface area contributed by atoms with E-state index < -0.39 is 0 Å². The zero-order chi connectivity index (χ0) is 20.2. The fourth-order valence-corrected chi connectivity index (χ4v) is 3.75. The third-order valence-corrected chi connectivity index (χ3v) is 5.32. The molecule has 0 bridgehead atoms. The molecule has 0 saturated heterocycles. The molecule has 0 saturated carbocycles. The van der Waals surface area contributed by atoms with Crippen molar-refractivity contribution in [1.29, 1.82) is 0 Å². The molecule has 1 atom stereocenters. The first kappa shape index (κ1) is 19.0. The van der Waals surface area contributed by atoms with Crippen molar-refractivity contribution in [3.63, 3.8) is 0 Å². The van der Waals surface area contributed by atoms with Gasteiger partial charge in [-0.1, -0.05) is 42.5 Å². The number of fused-ring (bicyclic) bond motifs is 1. The summed E-state index contributed by atoms with van der Waals surface area (Å²) in [5.74, 6) is 0.782. The highest BCUT2D eigenvalue weighted by Gasteiger charge is 2.20. The number of nitrogens with one attached hydrogen (secondary N) is 2. The van der Waals surface area contributed by atoms with Gasteiger partial charge in [-0.05, 0) is 50.1 Å². The van der Waals surface area contributed by atoms with Gasteiger partial charge in [-0.15, -0.1) is 0 Å². The Balaban J connectivity index is 1.49. The van der Waals surface area contributed by atoms with Gasteiger partial charge in [0.25, 0.3) is 0 Å². The number of nitrogens with zero attached hydrogens (tertiary/aromatic N) is 2. The summed E-state index contributed by atoms with van der Waals surface area (Å²) in [5, 5.41) is 3.18. The summed E-state index contributed by atoms with van der Waals surface area (Å²) in [6.07, 6.45) is 1.27. The number of aryl methyl sites for hydroxylation is 2. The smallest absolute Gasteiger partial charge is 0.220 e. The second-order valence-electron chi connectivity index (χ2n) is 7.42. The first-order valence-corrected chi connectivity index (χ1v) is 10.0. The molecule has 5 heteroatoms. The standard InChI is InChI=1S/C24H26N4O/c1-17-14-15-18(2)28(17)16-8-13-22(29)27-23(19-9-4-3-5-10-19)24-25-20-11-6-7-12-21(20)26-24/h3-7,9-12,14-15,23H,8,13,16H2,1-2H3,(H,25,26)(H,27,29). The second kappa shape index (κ2) is 8.35. The molecule has 1 amide bonds. The van der Waals surface area contributed by atoms with Crippen molar-refractivity contribution in [2.75, 3.05) is 0 Å². The van der Waals surface area contributed by atoms with Gasteiger partial charge >= 0.3 is 0 Å². The lowest BCUT2D eigenvalue weighted by Crippen LogP contribution is -2.30. The average molecular weight is 386 g/mol. The summed E-state index contributed by atoms with van der Waals surface area (Å²) >= 11 is 0. The largest absolute Gasteiger partial charge is 0.349 e. The Morgan fingerprint density at radius 2 is 1.69 bits per heavy atom. The van der Waals surface area contributed by atoms with Gasteiger partial charge in [-0.25, -0.2) is 4.98 Å². The number of amides is 1. The van der Waals surface area contributed by atoms with Crippen molar-refractivity contribution in [3.05, 3.63) is 89.5 Å². The van der Waals surface area contributed by atoms with E-state index >= 15 is 0 Å². The minimum atomic E-state index is -0.300. The van der Waals surface area contributed by atoms with Crippen molar-refractivity contribution in [2.45, 2.75) is 39.3 Å². The maximum Gasteiger partial charge on any atom is 0.220 e. The summed E-state index contributed by atoms with van der Waals surface area (Å²) in [5.41, 5.74) is 5.34. The molecule has 2 aromatic carbocycles. The Bertz CT molecular complexity index is 1060. The molecule has 2 N–H and O–H groups in total. The van der Waals surface area contributed by atoms with E-state index in [1.165, 1.54) is 11.4 Å². The number of aromatic amines is 1. The molecule has 0 aliphatic heterocycles. The van der Waals surface area contributed by atoms with Crippen LogP contribution in [0.4, 0.5) is 0 Å². The molecule has 1 unspecified atom stereocenters. The number of benzene rings is 2. The van der Waals surface area contributed by atoms with E-state index in [1.807, 2.05) is 54.6 Å². The van der Waals surface area contributed by atoms with Gasteiger partial charge in [0.05, 0.1) is 11.0 Å². The summed E-state index contributed by atoms with van der Waals surface area (Å²) in [6, 6.07) is 21.8. The quantitative estimate of drug-likeness (QED) is 0.485. The van der Waals surface area contributed by atoms with Gasteiger partial charge in [0, 0.05) is 24.4 Å². The van der Waals surface area contributed by atoms with Crippen LogP contribution in [0.3, 0.4) is 0 Å². The lowest BCUT2D eigenvalue weighted by atomic mass is 10.1. The third kappa shape index (κ3) is 4.24. The lowest BCUT2D eigenvalue weighted by molar-refractivity contribution is -0.121. The first-order valence-electron chi connectivity index (χ1n) is 10.0. The number of carbonyl (C=O) groups is 1. The molecule has 148 valence electrons. The topological polar surface area (TPSA) is 62.7 Å². The fraction of sp³-hybridized carbons (Fsp3) is 0.250. The third-order valence-electron chi connectivity index (χ3n) is 5.32. The average Bonchev–Trinajstić information content (AvgIpc) is 3.30. The number of hydrogen-bond donors (Lipinski definition) is 2. The number of para-hydroxylation sites is 2. The van der Waals surface area contributed by atoms with E-state index in [9.17, 15) is 4.79 Å². The van der Waals surface area contributed by atoms with Crippen LogP contribution >= 0.6 is 0 Å². The Morgan fingerprint density at radius 1 is 1.00 bits per heavy atom. The molecule has 0 radical (unpaired) electrons. The highest BCUT2D eigenvalue weighted by Crippen LogP contribution is 2.22. The number of carbonyl (C=O) groups excluding carboxylic acids is 1. The molecular formula is C24H26N4O. The minimum Gasteiger partial charge on any atom is -0.349 e. The van der Waals surface area contributed by atoms with E-state index in [-0.39, 0.29) is 11.9 Å². The SMILES string of the molecule is Cc1ccc(C)n1CCCC(=O)NC(c1ccccc1)c1nc2ccccc2[nH]1. The predicted octanol–water partition coefficient (Wildman–Crippen LogP) is 4.67. The van der Waals surface area contributed by atoms with Crippen LogP contribution in [0.2, 0.25) is 0 Å². The molecular weight excluding hydrogens is 360 g/mol. The highest BCUT2D eigenvalue weighted by atomic mass is 16.1. The molecule has 0 aliphatic rings. The Kier molecular flexibility index (Phi) is 5.47. The van der Waals surface area contributed by atoms with Crippen LogP contribution < -0.4 is 5.32 Å². The maximum atomic E-state index is 12.8. The zero-order valence-corrected chi connectivity index (χ0v) is 16.9. The van der Waals surface area contributed by atoms with Gasteiger partial charge < -0.3 is 14.9 Å². The summed E-state index contributed by atoms with van der Waals surface area (Å²) in [4.78, 5) is 20.8. The first-order chi connectivity index (χ1) is 14.1. The van der Waals surface area contributed by atoms with E-state index in [0.717, 1.165) is 35.4 Å². The number of rotatable bonds is 7. The number of aromatic nitrogens is 3. The van der Waals surface area contributed by atoms with Crippen LogP contribution in [0.15, 0.2) is 66.7 Å². The van der Waals surface area contributed by atoms with Crippen LogP contribution in [0, 0.1) is 13.8 Å². The van der Waals surface area contributed by atoms with Gasteiger partial charge in [-0.3, -0.25) is 4.79 Å². The Labute approximate surface area is 170 Å². The van der Waals surface area contributed by atoms with E-state index in [1.54, 1.807) is 0 Å². The van der Waals surface area contributed by atoms with E-state index in [2.05, 4.69) is 40.8 Å². The summed E-state index contributed by atoms with van der Waals surface area (Å²) < 4.78 is 2.25. The molecule has 2 aromatic heterocycles. The van der Waals surface area contributed by atoms with Gasteiger partial charge in [0.1, 0.15) is 11.9 Å². The van der Waals surface area contributed by atoms with Crippen molar-refractivity contribution >= 4 is 16.9 Å². The van der Waals surface area contributed by atoms with Crippen molar-refractivity contribution < 1.29 is 4.79 Å². The minimum absolute atomic E-state index is 0.0294. The monoisotopic (exact) mass is 386 g/mol. The summed E-state index contributed by atoms with van der Waals surface area (Å²) in [7, 11) is 0. The molecule has 2 heterocycles. The van der Waals surface area contributed by atoms with Gasteiger partial charge in [0.15, 0.2) is 0 Å². The van der Waals surface area contributed by atoms with Crippen molar-refractivity contribution in [1.82, 2.24) is 19.9 Å². The normalized spacial score (nSPS) is 12.2. The van der Waals surface area contributed by atoms with Crippen LogP contribution in [-0.2, 0) is 11.3 Å². The molecule has 4 rings (SSSR count). The molecule has 0 fully saturated rings. The molecule has 5 nitrogen and oxygen atoms in total. The van der Waals surface area contributed by atoms with Gasteiger partial charge in [0.2, 0.25) is 5.91 Å². The van der Waals surface area contributed by atoms with Crippen LogP contribution in [0.1, 0.15) is 41.7 Å². The highest BCUT2D eigenvalue weighted by molar-refractivity contribution is 5.78. The molecule has 29 heavy (non-hydrogen) atoms.